The molecule has 0 heterocycles. The molecule has 0 aliphatic heterocycles. The van der Waals surface area contributed by atoms with Crippen molar-refractivity contribution < 1.29 is 0 Å². The van der Waals surface area contributed by atoms with Crippen molar-refractivity contribution in [3.63, 3.8) is 0 Å². The Hall–Kier alpha value is -1.60. The summed E-state index contributed by atoms with van der Waals surface area (Å²) in [5.41, 5.74) is 3.31. The van der Waals surface area contributed by atoms with Crippen LogP contribution in [0.4, 0.5) is 0 Å². The molecule has 0 saturated heterocycles. The summed E-state index contributed by atoms with van der Waals surface area (Å²) in [6.07, 6.45) is 2.47. The first-order valence-corrected chi connectivity index (χ1v) is 7.65. The largest absolute Gasteiger partial charge is 0.317 e. The molecule has 1 nitrogen and oxygen atoms in total. The minimum absolute atomic E-state index is 0.352. The van der Waals surface area contributed by atoms with Crippen molar-refractivity contribution in [2.75, 3.05) is 13.1 Å². The Morgan fingerprint density at radius 1 is 1.00 bits per heavy atom. The fourth-order valence-electron chi connectivity index (χ4n) is 3.37. The lowest BCUT2D eigenvalue weighted by molar-refractivity contribution is 0.557. The van der Waals surface area contributed by atoms with Crippen molar-refractivity contribution in [3.8, 4) is 0 Å². The van der Waals surface area contributed by atoms with Crippen LogP contribution in [0.1, 0.15) is 24.5 Å². The van der Waals surface area contributed by atoms with Crippen molar-refractivity contribution in [1.82, 2.24) is 5.32 Å². The van der Waals surface area contributed by atoms with Crippen molar-refractivity contribution >= 4 is 0 Å². The fraction of sp³-hybridized carbons (Fsp3) is 0.368. The first-order chi connectivity index (χ1) is 9.85. The first-order valence-electron chi connectivity index (χ1n) is 7.65. The highest BCUT2D eigenvalue weighted by Crippen LogP contribution is 2.56. The summed E-state index contributed by atoms with van der Waals surface area (Å²) in [6, 6.07) is 22.0. The molecule has 1 fully saturated rings. The van der Waals surface area contributed by atoms with Crippen LogP contribution in [0.5, 0.6) is 0 Å². The molecule has 0 amide bonds. The summed E-state index contributed by atoms with van der Waals surface area (Å²) in [7, 11) is 0. The summed E-state index contributed by atoms with van der Waals surface area (Å²) in [4.78, 5) is 0. The standard InChI is InChI=1S/C19H23N/c1-2-20-15-18-14-19(18,17-11-7-4-8-12-17)13-16-9-5-3-6-10-16/h3-12,18,20H,2,13-15H2,1H3. The van der Waals surface area contributed by atoms with Gasteiger partial charge >= 0.3 is 0 Å². The molecule has 2 unspecified atom stereocenters. The molecule has 104 valence electrons. The molecule has 1 aliphatic rings. The molecule has 0 aromatic heterocycles. The summed E-state index contributed by atoms with van der Waals surface area (Å²) in [5, 5.41) is 3.52. The SMILES string of the molecule is CCNCC1CC1(Cc1ccccc1)c1ccccc1. The van der Waals surface area contributed by atoms with Gasteiger partial charge in [0.05, 0.1) is 0 Å². The van der Waals surface area contributed by atoms with Gasteiger partial charge in [-0.25, -0.2) is 0 Å². The van der Waals surface area contributed by atoms with E-state index in [2.05, 4.69) is 72.9 Å². The minimum Gasteiger partial charge on any atom is -0.317 e. The monoisotopic (exact) mass is 265 g/mol. The Morgan fingerprint density at radius 2 is 1.65 bits per heavy atom. The highest BCUT2D eigenvalue weighted by atomic mass is 14.9. The zero-order valence-electron chi connectivity index (χ0n) is 12.2. The molecule has 0 bridgehead atoms. The highest BCUT2D eigenvalue weighted by Gasteiger charge is 2.54. The van der Waals surface area contributed by atoms with Crippen LogP contribution in [0.15, 0.2) is 60.7 Å². The van der Waals surface area contributed by atoms with Gasteiger partial charge < -0.3 is 5.32 Å². The smallest absolute Gasteiger partial charge is 0.00374 e. The molecule has 3 rings (SSSR count). The Balaban J connectivity index is 1.83. The van der Waals surface area contributed by atoms with Crippen molar-refractivity contribution in [2.45, 2.75) is 25.2 Å². The lowest BCUT2D eigenvalue weighted by Gasteiger charge is -2.19. The van der Waals surface area contributed by atoms with Gasteiger partial charge in [-0.05, 0) is 43.0 Å². The van der Waals surface area contributed by atoms with Crippen LogP contribution in [0.25, 0.3) is 0 Å². The Kier molecular flexibility index (Phi) is 3.88. The second-order valence-corrected chi connectivity index (χ2v) is 5.89. The van der Waals surface area contributed by atoms with Crippen LogP contribution >= 0.6 is 0 Å². The first kappa shape index (κ1) is 13.4. The van der Waals surface area contributed by atoms with Crippen molar-refractivity contribution in [1.29, 1.82) is 0 Å². The van der Waals surface area contributed by atoms with Gasteiger partial charge in [-0.2, -0.15) is 0 Å². The predicted molar refractivity (Wildman–Crippen MR) is 84.9 cm³/mol. The number of hydrogen-bond donors (Lipinski definition) is 1. The van der Waals surface area contributed by atoms with E-state index in [1.807, 2.05) is 0 Å². The third-order valence-electron chi connectivity index (χ3n) is 4.58. The van der Waals surface area contributed by atoms with Gasteiger partial charge in [-0.3, -0.25) is 0 Å². The van der Waals surface area contributed by atoms with E-state index in [9.17, 15) is 0 Å². The quantitative estimate of drug-likeness (QED) is 0.838. The zero-order valence-corrected chi connectivity index (χ0v) is 12.2. The molecule has 1 saturated carbocycles. The second kappa shape index (κ2) is 5.80. The van der Waals surface area contributed by atoms with E-state index in [0.717, 1.165) is 25.4 Å². The molecule has 0 spiro atoms. The maximum absolute atomic E-state index is 3.52. The highest BCUT2D eigenvalue weighted by molar-refractivity contribution is 5.37. The van der Waals surface area contributed by atoms with Gasteiger partial charge in [0.2, 0.25) is 0 Å². The van der Waals surface area contributed by atoms with Crippen LogP contribution in [0, 0.1) is 5.92 Å². The van der Waals surface area contributed by atoms with Crippen molar-refractivity contribution in [3.05, 3.63) is 71.8 Å². The average Bonchev–Trinajstić information content (AvgIpc) is 3.21. The summed E-state index contributed by atoms with van der Waals surface area (Å²) in [5.74, 6) is 0.769. The molecule has 1 N–H and O–H groups in total. The average molecular weight is 265 g/mol. The number of benzene rings is 2. The zero-order chi connectivity index (χ0) is 13.8. The third kappa shape index (κ3) is 2.64. The lowest BCUT2D eigenvalue weighted by Crippen LogP contribution is -2.22. The maximum atomic E-state index is 3.52. The van der Waals surface area contributed by atoms with E-state index in [0.29, 0.717) is 5.41 Å². The lowest BCUT2D eigenvalue weighted by atomic mass is 9.86. The van der Waals surface area contributed by atoms with Crippen LogP contribution in [-0.4, -0.2) is 13.1 Å². The Labute approximate surface area is 122 Å². The predicted octanol–water partition coefficient (Wildman–Crippen LogP) is 3.80. The van der Waals surface area contributed by atoms with Crippen LogP contribution in [0.2, 0.25) is 0 Å². The van der Waals surface area contributed by atoms with Gasteiger partial charge in [0.25, 0.3) is 0 Å². The molecule has 1 aliphatic carbocycles. The molecule has 2 aromatic rings. The summed E-state index contributed by atoms with van der Waals surface area (Å²) in [6.45, 7) is 4.38. The Bertz CT molecular complexity index is 534. The van der Waals surface area contributed by atoms with E-state index in [4.69, 9.17) is 0 Å². The number of rotatable bonds is 6. The maximum Gasteiger partial charge on any atom is 0.00374 e. The molecular weight excluding hydrogens is 242 g/mol. The normalized spacial score (nSPS) is 24.6. The minimum atomic E-state index is 0.352. The Morgan fingerprint density at radius 3 is 2.30 bits per heavy atom. The van der Waals surface area contributed by atoms with E-state index < -0.39 is 0 Å². The summed E-state index contributed by atoms with van der Waals surface area (Å²) >= 11 is 0. The molecule has 1 heteroatoms. The molecule has 0 radical (unpaired) electrons. The van der Waals surface area contributed by atoms with E-state index in [1.54, 1.807) is 0 Å². The van der Waals surface area contributed by atoms with E-state index >= 15 is 0 Å². The molecule has 2 aromatic carbocycles. The number of hydrogen-bond acceptors (Lipinski definition) is 1. The molecular formula is C19H23N. The third-order valence-corrected chi connectivity index (χ3v) is 4.58. The van der Waals surface area contributed by atoms with Gasteiger partial charge in [-0.1, -0.05) is 67.6 Å². The van der Waals surface area contributed by atoms with Crippen LogP contribution in [0.3, 0.4) is 0 Å². The fourth-order valence-corrected chi connectivity index (χ4v) is 3.37. The van der Waals surface area contributed by atoms with Crippen molar-refractivity contribution in [2.24, 2.45) is 5.92 Å². The van der Waals surface area contributed by atoms with E-state index in [-0.39, 0.29) is 0 Å². The van der Waals surface area contributed by atoms with E-state index in [1.165, 1.54) is 17.5 Å². The van der Waals surface area contributed by atoms with Gasteiger partial charge in [-0.15, -0.1) is 0 Å². The van der Waals surface area contributed by atoms with Gasteiger partial charge in [0.15, 0.2) is 0 Å². The molecule has 2 atom stereocenters. The topological polar surface area (TPSA) is 12.0 Å². The second-order valence-electron chi connectivity index (χ2n) is 5.89. The molecule has 20 heavy (non-hydrogen) atoms. The van der Waals surface area contributed by atoms with Gasteiger partial charge in [0.1, 0.15) is 0 Å². The van der Waals surface area contributed by atoms with Gasteiger partial charge in [0, 0.05) is 5.41 Å². The summed E-state index contributed by atoms with van der Waals surface area (Å²) < 4.78 is 0. The van der Waals surface area contributed by atoms with Crippen LogP contribution in [-0.2, 0) is 11.8 Å². The number of nitrogens with one attached hydrogen (secondary N) is 1. The van der Waals surface area contributed by atoms with Crippen LogP contribution < -0.4 is 5.32 Å².